The Morgan fingerprint density at radius 3 is 2.58 bits per heavy atom. The topological polar surface area (TPSA) is 21.3 Å². The van der Waals surface area contributed by atoms with Gasteiger partial charge in [-0.3, -0.25) is 0 Å². The minimum Gasteiger partial charge on any atom is -0.488 e. The maximum absolute atomic E-state index is 13.8. The zero-order valence-electron chi connectivity index (χ0n) is 13.5. The molecule has 1 N–H and O–H groups in total. The zero-order valence-corrected chi connectivity index (χ0v) is 13.5. The van der Waals surface area contributed by atoms with Gasteiger partial charge in [-0.05, 0) is 35.7 Å². The predicted octanol–water partition coefficient (Wildman–Crippen LogP) is 4.81. The van der Waals surface area contributed by atoms with Crippen molar-refractivity contribution in [2.75, 3.05) is 0 Å². The van der Waals surface area contributed by atoms with Crippen LogP contribution in [0.3, 0.4) is 0 Å². The second-order valence-corrected chi connectivity index (χ2v) is 6.30. The molecule has 0 unspecified atom stereocenters. The molecule has 3 heteroatoms. The summed E-state index contributed by atoms with van der Waals surface area (Å²) in [6.45, 7) is 1.01. The van der Waals surface area contributed by atoms with E-state index in [1.807, 2.05) is 24.3 Å². The van der Waals surface area contributed by atoms with E-state index in [0.717, 1.165) is 17.9 Å². The second kappa shape index (κ2) is 6.62. The van der Waals surface area contributed by atoms with Crippen LogP contribution in [-0.2, 0) is 13.2 Å². The molecule has 0 radical (unpaired) electrons. The Kier molecular flexibility index (Phi) is 4.18. The molecule has 0 atom stereocenters. The highest BCUT2D eigenvalue weighted by Crippen LogP contribution is 2.30. The first-order chi connectivity index (χ1) is 11.8. The summed E-state index contributed by atoms with van der Waals surface area (Å²) in [4.78, 5) is 0. The van der Waals surface area contributed by atoms with Gasteiger partial charge in [0.25, 0.3) is 0 Å². The smallest absolute Gasteiger partial charge is 0.129 e. The first-order valence-electron chi connectivity index (χ1n) is 8.41. The van der Waals surface area contributed by atoms with Crippen LogP contribution in [0.5, 0.6) is 5.75 Å². The van der Waals surface area contributed by atoms with Crippen LogP contribution in [0.1, 0.15) is 24.0 Å². The predicted molar refractivity (Wildman–Crippen MR) is 94.5 cm³/mol. The number of ether oxygens (including phenoxy) is 1. The minimum atomic E-state index is -0.226. The van der Waals surface area contributed by atoms with Gasteiger partial charge in [-0.1, -0.05) is 48.5 Å². The molecule has 1 fully saturated rings. The van der Waals surface area contributed by atoms with Crippen molar-refractivity contribution in [2.24, 2.45) is 0 Å². The monoisotopic (exact) mass is 321 g/mol. The van der Waals surface area contributed by atoms with Gasteiger partial charge < -0.3 is 10.1 Å². The molecule has 122 valence electrons. The number of fused-ring (bicyclic) bond motifs is 1. The summed E-state index contributed by atoms with van der Waals surface area (Å²) >= 11 is 0. The molecule has 0 bridgehead atoms. The van der Waals surface area contributed by atoms with Gasteiger partial charge in [-0.2, -0.15) is 0 Å². The van der Waals surface area contributed by atoms with Crippen molar-refractivity contribution in [1.82, 2.24) is 5.32 Å². The summed E-state index contributed by atoms with van der Waals surface area (Å²) in [6, 6.07) is 19.8. The van der Waals surface area contributed by atoms with Crippen molar-refractivity contribution in [3.05, 3.63) is 77.6 Å². The van der Waals surface area contributed by atoms with Crippen molar-refractivity contribution in [2.45, 2.75) is 32.0 Å². The quantitative estimate of drug-likeness (QED) is 0.703. The Morgan fingerprint density at radius 1 is 0.958 bits per heavy atom. The van der Waals surface area contributed by atoms with Crippen molar-refractivity contribution in [3.63, 3.8) is 0 Å². The van der Waals surface area contributed by atoms with E-state index in [2.05, 4.69) is 23.5 Å². The molecule has 0 amide bonds. The summed E-state index contributed by atoms with van der Waals surface area (Å²) in [6.07, 6.45) is 2.49. The van der Waals surface area contributed by atoms with Gasteiger partial charge in [0.1, 0.15) is 18.2 Å². The Balaban J connectivity index is 1.63. The highest BCUT2D eigenvalue weighted by Gasteiger charge is 2.21. The van der Waals surface area contributed by atoms with Crippen molar-refractivity contribution in [3.8, 4) is 5.75 Å². The third-order valence-corrected chi connectivity index (χ3v) is 4.48. The van der Waals surface area contributed by atoms with E-state index in [0.29, 0.717) is 11.6 Å². The summed E-state index contributed by atoms with van der Waals surface area (Å²) in [5, 5.41) is 5.95. The molecule has 24 heavy (non-hydrogen) atoms. The van der Waals surface area contributed by atoms with E-state index in [-0.39, 0.29) is 12.4 Å². The van der Waals surface area contributed by atoms with E-state index in [1.54, 1.807) is 12.1 Å². The van der Waals surface area contributed by atoms with E-state index in [4.69, 9.17) is 4.74 Å². The fourth-order valence-electron chi connectivity index (χ4n) is 2.94. The van der Waals surface area contributed by atoms with Gasteiger partial charge >= 0.3 is 0 Å². The number of hydrogen-bond acceptors (Lipinski definition) is 2. The molecule has 1 aliphatic rings. The van der Waals surface area contributed by atoms with Gasteiger partial charge in [-0.25, -0.2) is 4.39 Å². The highest BCUT2D eigenvalue weighted by molar-refractivity contribution is 5.87. The van der Waals surface area contributed by atoms with Gasteiger partial charge in [0.2, 0.25) is 0 Å². The first-order valence-corrected chi connectivity index (χ1v) is 8.41. The average Bonchev–Trinajstić information content (AvgIpc) is 3.44. The Bertz CT molecular complexity index is 857. The van der Waals surface area contributed by atoms with Gasteiger partial charge in [0.15, 0.2) is 0 Å². The van der Waals surface area contributed by atoms with Crippen LogP contribution in [0.2, 0.25) is 0 Å². The molecule has 3 aromatic rings. The highest BCUT2D eigenvalue weighted by atomic mass is 19.1. The molecule has 0 heterocycles. The lowest BCUT2D eigenvalue weighted by Gasteiger charge is -2.15. The zero-order chi connectivity index (χ0) is 16.4. The van der Waals surface area contributed by atoms with Crippen LogP contribution < -0.4 is 10.1 Å². The number of hydrogen-bond donors (Lipinski definition) is 1. The Morgan fingerprint density at radius 2 is 1.75 bits per heavy atom. The van der Waals surface area contributed by atoms with Crippen LogP contribution in [-0.4, -0.2) is 6.04 Å². The largest absolute Gasteiger partial charge is 0.488 e. The molecule has 4 rings (SSSR count). The van der Waals surface area contributed by atoms with Gasteiger partial charge in [-0.15, -0.1) is 0 Å². The lowest BCUT2D eigenvalue weighted by Crippen LogP contribution is -2.16. The van der Waals surface area contributed by atoms with Gasteiger partial charge in [0.05, 0.1) is 0 Å². The Hall–Kier alpha value is -2.39. The molecule has 1 aliphatic carbocycles. The second-order valence-electron chi connectivity index (χ2n) is 6.30. The maximum Gasteiger partial charge on any atom is 0.129 e. The molecule has 0 aliphatic heterocycles. The molecular formula is C21H20FNO. The summed E-state index contributed by atoms with van der Waals surface area (Å²) in [5.74, 6) is 0.598. The van der Waals surface area contributed by atoms with Crippen LogP contribution in [0, 0.1) is 5.82 Å². The lowest BCUT2D eigenvalue weighted by atomic mass is 10.0. The van der Waals surface area contributed by atoms with Crippen molar-refractivity contribution >= 4 is 10.8 Å². The maximum atomic E-state index is 13.8. The van der Waals surface area contributed by atoms with Crippen LogP contribution in [0.4, 0.5) is 4.39 Å². The molecule has 0 spiro atoms. The average molecular weight is 321 g/mol. The van der Waals surface area contributed by atoms with Crippen LogP contribution in [0.25, 0.3) is 10.8 Å². The Labute approximate surface area is 141 Å². The molecule has 2 nitrogen and oxygen atoms in total. The standard InChI is InChI=1S/C21H20FNO/c22-20-8-4-2-6-16(20)14-24-21-12-9-15-5-1-3-7-18(15)19(21)13-23-17-10-11-17/h1-9,12,17,23H,10-11,13-14H2. The van der Waals surface area contributed by atoms with E-state index in [1.165, 1.54) is 29.7 Å². The van der Waals surface area contributed by atoms with E-state index < -0.39 is 0 Å². The number of rotatable bonds is 6. The summed E-state index contributed by atoms with van der Waals surface area (Å²) in [5.41, 5.74) is 1.73. The van der Waals surface area contributed by atoms with Crippen LogP contribution in [0.15, 0.2) is 60.7 Å². The summed E-state index contributed by atoms with van der Waals surface area (Å²) in [7, 11) is 0. The van der Waals surface area contributed by atoms with Crippen molar-refractivity contribution in [1.29, 1.82) is 0 Å². The third kappa shape index (κ3) is 3.26. The van der Waals surface area contributed by atoms with Gasteiger partial charge in [0, 0.05) is 23.7 Å². The SMILES string of the molecule is Fc1ccccc1COc1ccc2ccccc2c1CNC1CC1. The normalized spacial score (nSPS) is 14.0. The molecule has 3 aromatic carbocycles. The molecule has 0 saturated heterocycles. The summed E-state index contributed by atoms with van der Waals surface area (Å²) < 4.78 is 19.8. The lowest BCUT2D eigenvalue weighted by molar-refractivity contribution is 0.296. The van der Waals surface area contributed by atoms with E-state index in [9.17, 15) is 4.39 Å². The van der Waals surface area contributed by atoms with Crippen LogP contribution >= 0.6 is 0 Å². The number of benzene rings is 3. The fourth-order valence-corrected chi connectivity index (χ4v) is 2.94. The van der Waals surface area contributed by atoms with Crippen molar-refractivity contribution < 1.29 is 9.13 Å². The van der Waals surface area contributed by atoms with E-state index >= 15 is 0 Å². The molecule has 0 aromatic heterocycles. The molecule has 1 saturated carbocycles. The number of nitrogens with one attached hydrogen (secondary N) is 1. The first kappa shape index (κ1) is 15.2. The minimum absolute atomic E-state index is 0.226. The third-order valence-electron chi connectivity index (χ3n) is 4.48. The fraction of sp³-hybridized carbons (Fsp3) is 0.238. The molecular weight excluding hydrogens is 301 g/mol. The number of halogens is 1.